The van der Waals surface area contributed by atoms with E-state index < -0.39 is 0 Å². The minimum atomic E-state index is -0.218. The molecule has 2 aromatic heterocycles. The molecule has 4 rings (SSSR count). The first-order valence-electron chi connectivity index (χ1n) is 9.62. The highest BCUT2D eigenvalue weighted by Gasteiger charge is 2.19. The predicted molar refractivity (Wildman–Crippen MR) is 119 cm³/mol. The third-order valence-corrected chi connectivity index (χ3v) is 5.18. The Morgan fingerprint density at radius 1 is 1.07 bits per heavy atom. The Kier molecular flexibility index (Phi) is 5.63. The Balaban J connectivity index is 1.75. The molecule has 1 amide bonds. The van der Waals surface area contributed by atoms with Crippen LogP contribution in [-0.4, -0.2) is 20.7 Å². The summed E-state index contributed by atoms with van der Waals surface area (Å²) in [6.45, 7) is 4.43. The molecular formula is C24H21ClN4O. The number of hydrogen-bond acceptors (Lipinski definition) is 3. The molecule has 0 atom stereocenters. The lowest BCUT2D eigenvalue weighted by molar-refractivity contribution is 0.0943. The quantitative estimate of drug-likeness (QED) is 0.490. The number of halogens is 1. The minimum absolute atomic E-state index is 0.218. The fourth-order valence-corrected chi connectivity index (χ4v) is 3.58. The molecule has 4 aromatic rings. The highest BCUT2D eigenvalue weighted by molar-refractivity contribution is 6.33. The van der Waals surface area contributed by atoms with Crippen LogP contribution >= 0.6 is 11.6 Å². The number of nitrogens with one attached hydrogen (secondary N) is 1. The summed E-state index contributed by atoms with van der Waals surface area (Å²) in [5, 5.41) is 8.29. The van der Waals surface area contributed by atoms with Crippen molar-refractivity contribution in [2.24, 2.45) is 0 Å². The fourth-order valence-electron chi connectivity index (χ4n) is 3.35. The van der Waals surface area contributed by atoms with Crippen LogP contribution in [0.5, 0.6) is 0 Å². The van der Waals surface area contributed by atoms with Crippen molar-refractivity contribution in [2.45, 2.75) is 20.4 Å². The second-order valence-electron chi connectivity index (χ2n) is 7.14. The van der Waals surface area contributed by atoms with Gasteiger partial charge in [0.05, 0.1) is 16.4 Å². The van der Waals surface area contributed by atoms with Crippen LogP contribution in [0.3, 0.4) is 0 Å². The van der Waals surface area contributed by atoms with Crippen LogP contribution in [0.1, 0.15) is 27.2 Å². The Bertz CT molecular complexity index is 1200. The van der Waals surface area contributed by atoms with Gasteiger partial charge < -0.3 is 5.32 Å². The minimum Gasteiger partial charge on any atom is -0.347 e. The molecule has 0 saturated heterocycles. The molecule has 0 fully saturated rings. The Labute approximate surface area is 180 Å². The van der Waals surface area contributed by atoms with Gasteiger partial charge in [0.15, 0.2) is 0 Å². The van der Waals surface area contributed by atoms with E-state index in [-0.39, 0.29) is 5.91 Å². The summed E-state index contributed by atoms with van der Waals surface area (Å²) in [6.07, 6.45) is 3.44. The lowest BCUT2D eigenvalue weighted by Crippen LogP contribution is -2.25. The fraction of sp³-hybridized carbons (Fsp3) is 0.125. The highest BCUT2D eigenvalue weighted by Crippen LogP contribution is 2.29. The Morgan fingerprint density at radius 2 is 1.90 bits per heavy atom. The number of pyridine rings is 1. The molecule has 0 spiro atoms. The van der Waals surface area contributed by atoms with E-state index in [0.29, 0.717) is 23.0 Å². The standard InChI is InChI=1S/C24H21ClN4O/c1-16-9-10-22(17(2)12-16)29-23(24(30)27-15-18-6-5-11-26-14-18)13-21(28-29)19-7-3-4-8-20(19)25/h3-14H,15H2,1-2H3,(H,27,30). The number of amides is 1. The number of carbonyl (C=O) groups is 1. The molecule has 150 valence electrons. The molecule has 0 aliphatic rings. The van der Waals surface area contributed by atoms with E-state index in [1.54, 1.807) is 23.1 Å². The molecular weight excluding hydrogens is 396 g/mol. The second kappa shape index (κ2) is 8.51. The SMILES string of the molecule is Cc1ccc(-n2nc(-c3ccccc3Cl)cc2C(=O)NCc2cccnc2)c(C)c1. The normalized spacial score (nSPS) is 10.8. The van der Waals surface area contributed by atoms with Crippen LogP contribution in [0, 0.1) is 13.8 Å². The van der Waals surface area contributed by atoms with Gasteiger partial charge in [0.1, 0.15) is 5.69 Å². The molecule has 0 bridgehead atoms. The van der Waals surface area contributed by atoms with E-state index in [0.717, 1.165) is 27.9 Å². The highest BCUT2D eigenvalue weighted by atomic mass is 35.5. The molecule has 2 aromatic carbocycles. The topological polar surface area (TPSA) is 59.8 Å². The first kappa shape index (κ1) is 19.9. The van der Waals surface area contributed by atoms with Crippen molar-refractivity contribution in [1.29, 1.82) is 0 Å². The molecule has 2 heterocycles. The number of nitrogens with zero attached hydrogens (tertiary/aromatic N) is 3. The van der Waals surface area contributed by atoms with Gasteiger partial charge in [0, 0.05) is 24.5 Å². The van der Waals surface area contributed by atoms with Crippen LogP contribution in [0.15, 0.2) is 73.1 Å². The van der Waals surface area contributed by atoms with E-state index >= 15 is 0 Å². The van der Waals surface area contributed by atoms with E-state index in [9.17, 15) is 4.79 Å². The summed E-state index contributed by atoms with van der Waals surface area (Å²) in [5.41, 5.74) is 5.83. The maximum absolute atomic E-state index is 13.1. The third kappa shape index (κ3) is 4.11. The average Bonchev–Trinajstić information content (AvgIpc) is 3.18. The first-order valence-corrected chi connectivity index (χ1v) is 10.0. The van der Waals surface area contributed by atoms with Gasteiger partial charge in [-0.05, 0) is 49.2 Å². The van der Waals surface area contributed by atoms with Crippen LogP contribution in [0.25, 0.3) is 16.9 Å². The Morgan fingerprint density at radius 3 is 2.63 bits per heavy atom. The van der Waals surface area contributed by atoms with Crippen LogP contribution in [-0.2, 0) is 6.54 Å². The monoisotopic (exact) mass is 416 g/mol. The number of carbonyl (C=O) groups excluding carboxylic acids is 1. The summed E-state index contributed by atoms with van der Waals surface area (Å²) in [4.78, 5) is 17.2. The summed E-state index contributed by atoms with van der Waals surface area (Å²) in [6, 6.07) is 19.1. The number of hydrogen-bond donors (Lipinski definition) is 1. The number of benzene rings is 2. The van der Waals surface area contributed by atoms with E-state index in [4.69, 9.17) is 16.7 Å². The maximum Gasteiger partial charge on any atom is 0.270 e. The largest absolute Gasteiger partial charge is 0.347 e. The third-order valence-electron chi connectivity index (χ3n) is 4.85. The van der Waals surface area contributed by atoms with Crippen molar-refractivity contribution in [1.82, 2.24) is 20.1 Å². The zero-order valence-corrected chi connectivity index (χ0v) is 17.5. The van der Waals surface area contributed by atoms with Crippen molar-refractivity contribution in [3.8, 4) is 16.9 Å². The number of aryl methyl sites for hydroxylation is 2. The van der Waals surface area contributed by atoms with Gasteiger partial charge in [-0.3, -0.25) is 9.78 Å². The molecule has 1 N–H and O–H groups in total. The van der Waals surface area contributed by atoms with Crippen molar-refractivity contribution in [3.63, 3.8) is 0 Å². The van der Waals surface area contributed by atoms with Crippen molar-refractivity contribution in [3.05, 3.63) is 100 Å². The summed E-state index contributed by atoms with van der Waals surface area (Å²) in [7, 11) is 0. The summed E-state index contributed by atoms with van der Waals surface area (Å²) >= 11 is 6.38. The van der Waals surface area contributed by atoms with Crippen molar-refractivity contribution >= 4 is 17.5 Å². The molecule has 0 aliphatic heterocycles. The molecule has 0 unspecified atom stereocenters. The Hall–Kier alpha value is -3.44. The lowest BCUT2D eigenvalue weighted by Gasteiger charge is -2.11. The lowest BCUT2D eigenvalue weighted by atomic mass is 10.1. The predicted octanol–water partition coefficient (Wildman–Crippen LogP) is 5.13. The molecule has 5 nitrogen and oxygen atoms in total. The van der Waals surface area contributed by atoms with Crippen LogP contribution in [0.4, 0.5) is 0 Å². The summed E-state index contributed by atoms with van der Waals surface area (Å²) < 4.78 is 1.69. The number of aromatic nitrogens is 3. The zero-order valence-electron chi connectivity index (χ0n) is 16.8. The molecule has 0 radical (unpaired) electrons. The average molecular weight is 417 g/mol. The van der Waals surface area contributed by atoms with Gasteiger partial charge in [-0.1, -0.05) is 53.6 Å². The molecule has 30 heavy (non-hydrogen) atoms. The number of rotatable bonds is 5. The second-order valence-corrected chi connectivity index (χ2v) is 7.55. The molecule has 0 saturated carbocycles. The van der Waals surface area contributed by atoms with Gasteiger partial charge in [-0.25, -0.2) is 4.68 Å². The van der Waals surface area contributed by atoms with Crippen LogP contribution in [0.2, 0.25) is 5.02 Å². The molecule has 6 heteroatoms. The molecule has 0 aliphatic carbocycles. The van der Waals surface area contributed by atoms with Gasteiger partial charge in [-0.2, -0.15) is 5.10 Å². The maximum atomic E-state index is 13.1. The van der Waals surface area contributed by atoms with Crippen molar-refractivity contribution < 1.29 is 4.79 Å². The van der Waals surface area contributed by atoms with Gasteiger partial charge >= 0.3 is 0 Å². The van der Waals surface area contributed by atoms with Crippen molar-refractivity contribution in [2.75, 3.05) is 0 Å². The first-order chi connectivity index (χ1) is 14.5. The summed E-state index contributed by atoms with van der Waals surface area (Å²) in [5.74, 6) is -0.218. The van der Waals surface area contributed by atoms with Gasteiger partial charge in [0.2, 0.25) is 0 Å². The van der Waals surface area contributed by atoms with E-state index in [2.05, 4.69) is 16.4 Å². The van der Waals surface area contributed by atoms with Gasteiger partial charge in [-0.15, -0.1) is 0 Å². The van der Waals surface area contributed by atoms with E-state index in [1.165, 1.54) is 0 Å². The smallest absolute Gasteiger partial charge is 0.270 e. The van der Waals surface area contributed by atoms with Crippen LogP contribution < -0.4 is 5.32 Å². The van der Waals surface area contributed by atoms with E-state index in [1.807, 2.05) is 62.4 Å². The van der Waals surface area contributed by atoms with Gasteiger partial charge in [0.25, 0.3) is 5.91 Å². The zero-order chi connectivity index (χ0) is 21.1.